The maximum atomic E-state index is 2.46. The molecule has 0 N–H and O–H groups in total. The smallest absolute Gasteiger partial charge is 0.0491 e. The third-order valence-electron chi connectivity index (χ3n) is 14.5. The zero-order valence-electron chi connectivity index (χ0n) is 40.3. The van der Waals surface area contributed by atoms with Crippen LogP contribution in [-0.4, -0.2) is 9.13 Å². The third-order valence-corrected chi connectivity index (χ3v) is 14.5. The van der Waals surface area contributed by atoms with Crippen LogP contribution >= 0.6 is 0 Å². The molecule has 2 aromatic heterocycles. The first-order valence-electron chi connectivity index (χ1n) is 24.0. The van der Waals surface area contributed by atoms with E-state index in [1.165, 1.54) is 132 Å². The van der Waals surface area contributed by atoms with Gasteiger partial charge in [-0.1, -0.05) is 162 Å². The van der Waals surface area contributed by atoms with Crippen molar-refractivity contribution in [2.24, 2.45) is 0 Å². The fourth-order valence-corrected chi connectivity index (χ4v) is 10.9. The zero-order valence-corrected chi connectivity index (χ0v) is 40.3. The molecule has 0 aliphatic carbocycles. The van der Waals surface area contributed by atoms with Crippen LogP contribution in [0.5, 0.6) is 0 Å². The summed E-state index contributed by atoms with van der Waals surface area (Å²) < 4.78 is 4.91. The van der Waals surface area contributed by atoms with Crippen LogP contribution in [0.4, 0.5) is 0 Å². The summed E-state index contributed by atoms with van der Waals surface area (Å²) in [5.74, 6) is 0. The Bertz CT molecular complexity index is 3480. The summed E-state index contributed by atoms with van der Waals surface area (Å²) in [6, 6.07) is 60.9. The molecule has 11 rings (SSSR count). The topological polar surface area (TPSA) is 9.86 Å². The van der Waals surface area contributed by atoms with Gasteiger partial charge in [0.1, 0.15) is 0 Å². The second-order valence-corrected chi connectivity index (χ2v) is 20.9. The minimum Gasteiger partial charge on any atom is -0.341 e. The van der Waals surface area contributed by atoms with Gasteiger partial charge in [0.05, 0.1) is 0 Å². The zero-order chi connectivity index (χ0) is 45.8. The number of aryl methyl sites for hydroxylation is 4. The van der Waals surface area contributed by atoms with Crippen molar-refractivity contribution in [3.63, 3.8) is 0 Å². The van der Waals surface area contributed by atoms with Gasteiger partial charge in [-0.05, 0) is 164 Å². The number of nitrogens with zero attached hydrogens (tertiary/aromatic N) is 2. The van der Waals surface area contributed by atoms with Crippen LogP contribution in [0.3, 0.4) is 0 Å². The quantitative estimate of drug-likeness (QED) is 0.147. The number of hydrogen-bond acceptors (Lipinski definition) is 0. The minimum absolute atomic E-state index is 0.0859. The fraction of sp³-hybridized carbons (Fsp3) is 0.219. The lowest BCUT2D eigenvalue weighted by atomic mass is 9.84. The normalized spacial score (nSPS) is 12.5. The molecule has 0 spiro atoms. The Labute approximate surface area is 390 Å². The van der Waals surface area contributed by atoms with E-state index in [4.69, 9.17) is 0 Å². The summed E-state index contributed by atoms with van der Waals surface area (Å²) in [5, 5.41) is 10.4. The Morgan fingerprint density at radius 1 is 0.303 bits per heavy atom. The van der Waals surface area contributed by atoms with Crippen LogP contribution in [0.2, 0.25) is 0 Å². The molecule has 2 heterocycles. The molecule has 0 saturated carbocycles. The van der Waals surface area contributed by atoms with Crippen molar-refractivity contribution < 1.29 is 0 Å². The highest BCUT2D eigenvalue weighted by molar-refractivity contribution is 6.22. The predicted octanol–water partition coefficient (Wildman–Crippen LogP) is 18.1. The number of hydrogen-bond donors (Lipinski definition) is 0. The lowest BCUT2D eigenvalue weighted by Gasteiger charge is -2.19. The number of aromatic nitrogens is 2. The van der Waals surface area contributed by atoms with Gasteiger partial charge in [-0.3, -0.25) is 0 Å². The van der Waals surface area contributed by atoms with Crippen LogP contribution in [0, 0.1) is 13.8 Å². The summed E-state index contributed by atoms with van der Waals surface area (Å²) in [7, 11) is 0. The Balaban J connectivity index is 1.01. The maximum absolute atomic E-state index is 2.46. The Kier molecular flexibility index (Phi) is 9.72. The van der Waals surface area contributed by atoms with Gasteiger partial charge >= 0.3 is 0 Å². The largest absolute Gasteiger partial charge is 0.341 e. The summed E-state index contributed by atoms with van der Waals surface area (Å²) in [6.07, 6.45) is 0. The Hall–Kier alpha value is -6.90. The van der Waals surface area contributed by atoms with E-state index >= 15 is 0 Å². The van der Waals surface area contributed by atoms with E-state index in [2.05, 4.69) is 236 Å². The van der Waals surface area contributed by atoms with Crippen molar-refractivity contribution >= 4 is 65.2 Å². The molecule has 0 aliphatic heterocycles. The highest BCUT2D eigenvalue weighted by Gasteiger charge is 2.21. The van der Waals surface area contributed by atoms with Crippen molar-refractivity contribution in [1.29, 1.82) is 0 Å². The molecule has 0 amide bonds. The van der Waals surface area contributed by atoms with Crippen LogP contribution in [0.1, 0.15) is 77.6 Å². The molecule has 2 nitrogen and oxygen atoms in total. The summed E-state index contributed by atoms with van der Waals surface area (Å²) in [6.45, 7) is 24.6. The monoisotopic (exact) mass is 856 g/mol. The van der Waals surface area contributed by atoms with Gasteiger partial charge in [-0.15, -0.1) is 0 Å². The standard InChI is InChI=1S/C64H60N2/c1-11-65-57-29-23-45(35-51(57)53-37-47(63(5,6)7)25-31-59(53)65)41-15-19-43(20-16-41)61-49-27-13-40(4)34-56(49)62(50-28-14-39(3)33-55(50)61)44-21-17-42(18-22-44)46-24-30-58-52(36-46)54-38-48(64(8,9)10)26-32-60(54)66(58)12-2/h13-38H,11-12H2,1-10H3. The first kappa shape index (κ1) is 41.8. The SMILES string of the molecule is CCn1c2ccc(-c3ccc(-c4c5ccc(C)cc5c(-c5ccc(-c6ccc7c(c6)c6cc(C(C)(C)C)ccc6n7CC)cc5)c5ccc(C)cc45)cc3)cc2c2cc(C(C)(C)C)ccc21. The second-order valence-electron chi connectivity index (χ2n) is 20.9. The van der Waals surface area contributed by atoms with Crippen molar-refractivity contribution in [3.05, 3.63) is 180 Å². The maximum Gasteiger partial charge on any atom is 0.0491 e. The molecule has 0 fully saturated rings. The van der Waals surface area contributed by atoms with E-state index in [-0.39, 0.29) is 10.8 Å². The van der Waals surface area contributed by atoms with E-state index in [0.29, 0.717) is 0 Å². The summed E-state index contributed by atoms with van der Waals surface area (Å²) in [4.78, 5) is 0. The van der Waals surface area contributed by atoms with E-state index in [1.807, 2.05) is 0 Å². The molecule has 326 valence electrons. The van der Waals surface area contributed by atoms with E-state index in [1.54, 1.807) is 0 Å². The van der Waals surface area contributed by atoms with Crippen molar-refractivity contribution in [3.8, 4) is 44.5 Å². The molecule has 66 heavy (non-hydrogen) atoms. The highest BCUT2D eigenvalue weighted by Crippen LogP contribution is 2.46. The van der Waals surface area contributed by atoms with Crippen LogP contribution in [0.25, 0.3) is 110 Å². The number of fused-ring (bicyclic) bond motifs is 8. The molecule has 9 aromatic carbocycles. The van der Waals surface area contributed by atoms with Gasteiger partial charge in [0.25, 0.3) is 0 Å². The van der Waals surface area contributed by atoms with E-state index in [0.717, 1.165) is 13.1 Å². The molecule has 11 aromatic rings. The number of rotatable bonds is 6. The molecular weight excluding hydrogens is 797 g/mol. The van der Waals surface area contributed by atoms with E-state index < -0.39 is 0 Å². The van der Waals surface area contributed by atoms with Crippen LogP contribution in [-0.2, 0) is 23.9 Å². The summed E-state index contributed by atoms with van der Waals surface area (Å²) in [5.41, 5.74) is 20.6. The Morgan fingerprint density at radius 2 is 0.621 bits per heavy atom. The molecule has 0 atom stereocenters. The van der Waals surface area contributed by atoms with Gasteiger partial charge in [0.15, 0.2) is 0 Å². The molecule has 0 saturated heterocycles. The average molecular weight is 857 g/mol. The molecule has 0 radical (unpaired) electrons. The van der Waals surface area contributed by atoms with Gasteiger partial charge < -0.3 is 9.13 Å². The molecule has 2 heteroatoms. The van der Waals surface area contributed by atoms with Crippen molar-refractivity contribution in [2.75, 3.05) is 0 Å². The van der Waals surface area contributed by atoms with Gasteiger partial charge in [-0.25, -0.2) is 0 Å². The third kappa shape index (κ3) is 6.76. The molecule has 0 unspecified atom stereocenters. The molecular formula is C64H60N2. The van der Waals surface area contributed by atoms with E-state index in [9.17, 15) is 0 Å². The Morgan fingerprint density at radius 3 is 0.970 bits per heavy atom. The molecule has 0 bridgehead atoms. The van der Waals surface area contributed by atoms with Crippen LogP contribution in [0.15, 0.2) is 158 Å². The highest BCUT2D eigenvalue weighted by atomic mass is 15.0. The van der Waals surface area contributed by atoms with Crippen LogP contribution < -0.4 is 0 Å². The molecule has 0 aliphatic rings. The fourth-order valence-electron chi connectivity index (χ4n) is 10.9. The van der Waals surface area contributed by atoms with Crippen molar-refractivity contribution in [1.82, 2.24) is 9.13 Å². The van der Waals surface area contributed by atoms with Crippen molar-refractivity contribution in [2.45, 2.75) is 93.2 Å². The van der Waals surface area contributed by atoms with Gasteiger partial charge in [0.2, 0.25) is 0 Å². The summed E-state index contributed by atoms with van der Waals surface area (Å²) >= 11 is 0. The predicted molar refractivity (Wildman–Crippen MR) is 287 cm³/mol. The lowest BCUT2D eigenvalue weighted by molar-refractivity contribution is 0.591. The van der Waals surface area contributed by atoms with Gasteiger partial charge in [0, 0.05) is 56.7 Å². The average Bonchev–Trinajstić information content (AvgIpc) is 3.80. The lowest BCUT2D eigenvalue weighted by Crippen LogP contribution is -2.10. The van der Waals surface area contributed by atoms with Gasteiger partial charge in [-0.2, -0.15) is 0 Å². The first-order valence-corrected chi connectivity index (χ1v) is 24.0. The minimum atomic E-state index is 0.0859. The number of benzene rings is 9. The second kappa shape index (κ2) is 15.3. The first-order chi connectivity index (χ1) is 31.7.